The first-order chi connectivity index (χ1) is 13.1. The number of hydrogen-bond acceptors (Lipinski definition) is 6. The normalized spacial score (nSPS) is 13.8. The Bertz CT molecular complexity index is 981. The fourth-order valence-corrected chi connectivity index (χ4v) is 3.27. The van der Waals surface area contributed by atoms with Crippen LogP contribution in [-0.4, -0.2) is 38.1 Å². The number of aryl methyl sites for hydroxylation is 2. The van der Waals surface area contributed by atoms with Gasteiger partial charge in [-0.25, -0.2) is 9.48 Å². The van der Waals surface area contributed by atoms with Crippen LogP contribution in [0.25, 0.3) is 5.69 Å². The lowest BCUT2D eigenvalue weighted by Gasteiger charge is -2.13. The molecule has 1 aliphatic rings. The number of ether oxygens (including phenoxy) is 1. The van der Waals surface area contributed by atoms with Crippen molar-refractivity contribution in [2.45, 2.75) is 32.3 Å². The van der Waals surface area contributed by atoms with Gasteiger partial charge >= 0.3 is 5.97 Å². The lowest BCUT2D eigenvalue weighted by atomic mass is 10.0. The molecule has 3 aromatic rings. The first-order valence-electron chi connectivity index (χ1n) is 8.82. The second-order valence-corrected chi connectivity index (χ2v) is 6.55. The average Bonchev–Trinajstić information content (AvgIpc) is 3.38. The molecule has 0 spiro atoms. The summed E-state index contributed by atoms with van der Waals surface area (Å²) in [5.41, 5.74) is 4.20. The molecule has 0 N–H and O–H groups in total. The van der Waals surface area contributed by atoms with Gasteiger partial charge in [0.1, 0.15) is 6.33 Å². The Morgan fingerprint density at radius 3 is 2.52 bits per heavy atom. The van der Waals surface area contributed by atoms with Crippen LogP contribution >= 0.6 is 0 Å². The standard InChI is InChI=1S/C20H18N4O3/c1-13(19(25)17-6-5-14-3-2-4-16(14)11-17)27-20(26)15-7-9-18(10-8-15)24-12-21-22-23-24/h5-13H,2-4H2,1H3. The van der Waals surface area contributed by atoms with E-state index in [1.54, 1.807) is 31.2 Å². The van der Waals surface area contributed by atoms with Crippen LogP contribution in [-0.2, 0) is 17.6 Å². The highest BCUT2D eigenvalue weighted by molar-refractivity contribution is 6.01. The zero-order valence-corrected chi connectivity index (χ0v) is 14.8. The van der Waals surface area contributed by atoms with Crippen molar-refractivity contribution in [2.24, 2.45) is 0 Å². The van der Waals surface area contributed by atoms with Crippen molar-refractivity contribution in [3.8, 4) is 5.69 Å². The summed E-state index contributed by atoms with van der Waals surface area (Å²) >= 11 is 0. The number of carbonyl (C=O) groups is 2. The van der Waals surface area contributed by atoms with Gasteiger partial charge in [-0.1, -0.05) is 12.1 Å². The number of tetrazole rings is 1. The maximum atomic E-state index is 12.6. The van der Waals surface area contributed by atoms with Gasteiger partial charge in [0.05, 0.1) is 11.3 Å². The molecule has 4 rings (SSSR count). The third-order valence-electron chi connectivity index (χ3n) is 4.75. The lowest BCUT2D eigenvalue weighted by Crippen LogP contribution is -2.24. The molecule has 0 saturated heterocycles. The summed E-state index contributed by atoms with van der Waals surface area (Å²) in [4.78, 5) is 25.0. The van der Waals surface area contributed by atoms with Crippen molar-refractivity contribution in [1.82, 2.24) is 20.2 Å². The van der Waals surface area contributed by atoms with Gasteiger partial charge < -0.3 is 4.74 Å². The van der Waals surface area contributed by atoms with Gasteiger partial charge in [0.15, 0.2) is 6.10 Å². The molecule has 2 aromatic carbocycles. The molecule has 7 nitrogen and oxygen atoms in total. The third-order valence-corrected chi connectivity index (χ3v) is 4.75. The molecule has 1 aromatic heterocycles. The van der Waals surface area contributed by atoms with Crippen molar-refractivity contribution < 1.29 is 14.3 Å². The molecule has 0 fully saturated rings. The van der Waals surface area contributed by atoms with E-state index in [1.807, 2.05) is 18.2 Å². The molecule has 1 atom stereocenters. The maximum Gasteiger partial charge on any atom is 0.338 e. The third kappa shape index (κ3) is 3.48. The minimum atomic E-state index is -0.851. The first-order valence-corrected chi connectivity index (χ1v) is 8.82. The van der Waals surface area contributed by atoms with Crippen LogP contribution in [0.1, 0.15) is 45.2 Å². The molecule has 0 radical (unpaired) electrons. The minimum absolute atomic E-state index is 0.191. The minimum Gasteiger partial charge on any atom is -0.451 e. The molecule has 0 amide bonds. The van der Waals surface area contributed by atoms with E-state index in [0.717, 1.165) is 24.9 Å². The van der Waals surface area contributed by atoms with Gasteiger partial charge in [-0.3, -0.25) is 4.79 Å². The molecular weight excluding hydrogens is 344 g/mol. The molecule has 0 saturated carbocycles. The predicted octanol–water partition coefficient (Wildman–Crippen LogP) is 2.58. The molecule has 27 heavy (non-hydrogen) atoms. The van der Waals surface area contributed by atoms with Crippen LogP contribution in [0.3, 0.4) is 0 Å². The number of rotatable bonds is 5. The summed E-state index contributed by atoms with van der Waals surface area (Å²) in [7, 11) is 0. The van der Waals surface area contributed by atoms with Gasteiger partial charge in [-0.05, 0) is 78.1 Å². The monoisotopic (exact) mass is 362 g/mol. The highest BCUT2D eigenvalue weighted by atomic mass is 16.5. The highest BCUT2D eigenvalue weighted by Crippen LogP contribution is 2.23. The number of carbonyl (C=O) groups excluding carboxylic acids is 2. The van der Waals surface area contributed by atoms with Gasteiger partial charge in [0.2, 0.25) is 5.78 Å². The fourth-order valence-electron chi connectivity index (χ4n) is 3.27. The van der Waals surface area contributed by atoms with Crippen molar-refractivity contribution in [1.29, 1.82) is 0 Å². The van der Waals surface area contributed by atoms with E-state index < -0.39 is 12.1 Å². The second-order valence-electron chi connectivity index (χ2n) is 6.55. The van der Waals surface area contributed by atoms with E-state index in [4.69, 9.17) is 4.74 Å². The molecular formula is C20H18N4O3. The Kier molecular flexibility index (Phi) is 4.50. The number of esters is 1. The van der Waals surface area contributed by atoms with Crippen molar-refractivity contribution in [2.75, 3.05) is 0 Å². The van der Waals surface area contributed by atoms with Gasteiger partial charge in [-0.15, -0.1) is 5.10 Å². The van der Waals surface area contributed by atoms with Crippen molar-refractivity contribution in [3.05, 3.63) is 71.0 Å². The Balaban J connectivity index is 1.43. The molecule has 136 valence electrons. The zero-order chi connectivity index (χ0) is 18.8. The second kappa shape index (κ2) is 7.11. The molecule has 7 heteroatoms. The number of benzene rings is 2. The lowest BCUT2D eigenvalue weighted by molar-refractivity contribution is 0.0319. The van der Waals surface area contributed by atoms with E-state index in [9.17, 15) is 9.59 Å². The maximum absolute atomic E-state index is 12.6. The number of nitrogens with zero attached hydrogens (tertiary/aromatic N) is 4. The van der Waals surface area contributed by atoms with Gasteiger partial charge in [-0.2, -0.15) is 0 Å². The summed E-state index contributed by atoms with van der Waals surface area (Å²) in [6, 6.07) is 12.4. The predicted molar refractivity (Wildman–Crippen MR) is 96.8 cm³/mol. The molecule has 0 aliphatic heterocycles. The van der Waals surface area contributed by atoms with Gasteiger partial charge in [0, 0.05) is 5.56 Å². The quantitative estimate of drug-likeness (QED) is 0.512. The van der Waals surface area contributed by atoms with E-state index in [2.05, 4.69) is 15.5 Å². The Labute approximate surface area is 156 Å². The highest BCUT2D eigenvalue weighted by Gasteiger charge is 2.22. The van der Waals surface area contributed by atoms with Crippen LogP contribution in [0.5, 0.6) is 0 Å². The van der Waals surface area contributed by atoms with Crippen molar-refractivity contribution in [3.63, 3.8) is 0 Å². The zero-order valence-electron chi connectivity index (χ0n) is 14.8. The number of hydrogen-bond donors (Lipinski definition) is 0. The smallest absolute Gasteiger partial charge is 0.338 e. The number of aromatic nitrogens is 4. The molecule has 1 unspecified atom stereocenters. The average molecular weight is 362 g/mol. The van der Waals surface area contributed by atoms with Crippen molar-refractivity contribution >= 4 is 11.8 Å². The van der Waals surface area contributed by atoms with E-state index in [-0.39, 0.29) is 5.78 Å². The number of Topliss-reactive ketones (excluding diaryl/α,β-unsaturated/α-hetero) is 1. The first kappa shape index (κ1) is 17.1. The summed E-state index contributed by atoms with van der Waals surface area (Å²) in [5, 5.41) is 10.9. The van der Waals surface area contributed by atoms with Crippen LogP contribution < -0.4 is 0 Å². The summed E-state index contributed by atoms with van der Waals surface area (Å²) in [6.07, 6.45) is 3.80. The van der Waals surface area contributed by atoms with Crippen LogP contribution in [0, 0.1) is 0 Å². The Hall–Kier alpha value is -3.35. The SMILES string of the molecule is CC(OC(=O)c1ccc(-n2cnnn2)cc1)C(=O)c1ccc2c(c1)CCC2. The van der Waals surface area contributed by atoms with Crippen LogP contribution in [0.2, 0.25) is 0 Å². The van der Waals surface area contributed by atoms with E-state index >= 15 is 0 Å². The Morgan fingerprint density at radius 2 is 1.78 bits per heavy atom. The summed E-state index contributed by atoms with van der Waals surface area (Å²) in [5.74, 6) is -0.733. The van der Waals surface area contributed by atoms with E-state index in [1.165, 1.54) is 22.1 Å². The topological polar surface area (TPSA) is 87.0 Å². The number of ketones is 1. The Morgan fingerprint density at radius 1 is 1.04 bits per heavy atom. The number of fused-ring (bicyclic) bond motifs is 1. The molecule has 0 bridgehead atoms. The fraction of sp³-hybridized carbons (Fsp3) is 0.250. The molecule has 1 heterocycles. The molecule has 1 aliphatic carbocycles. The summed E-state index contributed by atoms with van der Waals surface area (Å²) in [6.45, 7) is 1.60. The van der Waals surface area contributed by atoms with Gasteiger partial charge in [0.25, 0.3) is 0 Å². The van der Waals surface area contributed by atoms with Crippen LogP contribution in [0.15, 0.2) is 48.8 Å². The summed E-state index contributed by atoms with van der Waals surface area (Å²) < 4.78 is 6.85. The largest absolute Gasteiger partial charge is 0.451 e. The van der Waals surface area contributed by atoms with Crippen LogP contribution in [0.4, 0.5) is 0 Å². The van der Waals surface area contributed by atoms with E-state index in [0.29, 0.717) is 11.1 Å².